The maximum Gasteiger partial charge on any atom is 0.315 e. The number of hydrogen-bond acceptors (Lipinski definition) is 6. The smallest absolute Gasteiger partial charge is 0.315 e. The Balaban J connectivity index is 1.85. The summed E-state index contributed by atoms with van der Waals surface area (Å²) < 4.78 is 10.5. The van der Waals surface area contributed by atoms with E-state index in [-0.39, 0.29) is 0 Å². The van der Waals surface area contributed by atoms with Crippen molar-refractivity contribution in [3.63, 3.8) is 0 Å². The van der Waals surface area contributed by atoms with Crippen molar-refractivity contribution in [3.8, 4) is 5.75 Å². The minimum Gasteiger partial charge on any atom is -0.497 e. The van der Waals surface area contributed by atoms with Crippen LogP contribution in [0.5, 0.6) is 5.75 Å². The molecule has 0 saturated carbocycles. The van der Waals surface area contributed by atoms with Gasteiger partial charge in [-0.05, 0) is 24.2 Å². The van der Waals surface area contributed by atoms with Crippen LogP contribution >= 0.6 is 0 Å². The first-order valence-corrected chi connectivity index (χ1v) is 6.21. The first-order chi connectivity index (χ1) is 9.31. The number of benzene rings is 1. The zero-order valence-electron chi connectivity index (χ0n) is 11.1. The fraction of sp³-hybridized carbons (Fsp3) is 0.385. The second-order valence-corrected chi connectivity index (χ2v) is 3.98. The predicted octanol–water partition coefficient (Wildman–Crippen LogP) is 1.80. The molecule has 0 aliphatic carbocycles. The molecule has 1 heterocycles. The number of ether oxygens (including phenoxy) is 1. The van der Waals surface area contributed by atoms with Crippen LogP contribution in [0.1, 0.15) is 18.4 Å². The van der Waals surface area contributed by atoms with Gasteiger partial charge in [0.15, 0.2) is 0 Å². The lowest BCUT2D eigenvalue weighted by atomic mass is 10.2. The Hall–Kier alpha value is -2.08. The second-order valence-electron chi connectivity index (χ2n) is 3.98. The van der Waals surface area contributed by atoms with E-state index in [0.717, 1.165) is 17.9 Å². The number of anilines is 1. The molecule has 1 aromatic heterocycles. The van der Waals surface area contributed by atoms with E-state index in [1.54, 1.807) is 7.11 Å². The molecule has 19 heavy (non-hydrogen) atoms. The number of rotatable bonds is 7. The van der Waals surface area contributed by atoms with Crippen LogP contribution in [0.2, 0.25) is 0 Å². The normalized spacial score (nSPS) is 10.4. The summed E-state index contributed by atoms with van der Waals surface area (Å²) >= 11 is 0. The van der Waals surface area contributed by atoms with E-state index in [1.807, 2.05) is 31.2 Å². The lowest BCUT2D eigenvalue weighted by Gasteiger charge is -2.03. The molecule has 0 spiro atoms. The summed E-state index contributed by atoms with van der Waals surface area (Å²) in [6, 6.07) is 8.25. The number of hydrogen-bond donors (Lipinski definition) is 2. The van der Waals surface area contributed by atoms with Gasteiger partial charge in [-0.15, -0.1) is 5.10 Å². The van der Waals surface area contributed by atoms with Gasteiger partial charge in [-0.25, -0.2) is 0 Å². The van der Waals surface area contributed by atoms with Crippen molar-refractivity contribution < 1.29 is 9.15 Å². The lowest BCUT2D eigenvalue weighted by Crippen LogP contribution is -2.11. The number of methoxy groups -OCH3 is 1. The highest BCUT2D eigenvalue weighted by Crippen LogP contribution is 2.13. The van der Waals surface area contributed by atoms with Crippen LogP contribution in [0.15, 0.2) is 28.7 Å². The Morgan fingerprint density at radius 3 is 2.63 bits per heavy atom. The van der Waals surface area contributed by atoms with E-state index in [0.29, 0.717) is 25.0 Å². The first kappa shape index (κ1) is 13.4. The summed E-state index contributed by atoms with van der Waals surface area (Å²) in [6.45, 7) is 4.12. The Labute approximate surface area is 112 Å². The fourth-order valence-electron chi connectivity index (χ4n) is 1.55. The summed E-state index contributed by atoms with van der Waals surface area (Å²) in [7, 11) is 1.65. The van der Waals surface area contributed by atoms with Crippen LogP contribution < -0.4 is 15.4 Å². The van der Waals surface area contributed by atoms with Crippen molar-refractivity contribution in [1.29, 1.82) is 0 Å². The average molecular weight is 262 g/mol. The van der Waals surface area contributed by atoms with Gasteiger partial charge in [-0.2, -0.15) is 0 Å². The van der Waals surface area contributed by atoms with Crippen molar-refractivity contribution in [2.45, 2.75) is 20.0 Å². The molecule has 1 aromatic carbocycles. The quantitative estimate of drug-likeness (QED) is 0.792. The molecule has 2 rings (SSSR count). The molecule has 0 fully saturated rings. The maximum atomic E-state index is 5.43. The van der Waals surface area contributed by atoms with Crippen LogP contribution in [0.4, 0.5) is 6.01 Å². The standard InChI is InChI=1S/C13H18N4O2/c1-3-14-9-12-16-17-13(19-12)15-8-10-4-6-11(18-2)7-5-10/h4-7,14H,3,8-9H2,1-2H3,(H,15,17). The molecule has 0 saturated heterocycles. The summed E-state index contributed by atoms with van der Waals surface area (Å²) in [5.74, 6) is 1.42. The van der Waals surface area contributed by atoms with E-state index in [2.05, 4.69) is 20.8 Å². The zero-order valence-corrected chi connectivity index (χ0v) is 11.1. The van der Waals surface area contributed by atoms with Crippen LogP contribution in [0, 0.1) is 0 Å². The highest BCUT2D eigenvalue weighted by atomic mass is 16.5. The van der Waals surface area contributed by atoms with Gasteiger partial charge in [0.05, 0.1) is 13.7 Å². The predicted molar refractivity (Wildman–Crippen MR) is 72.0 cm³/mol. The molecule has 6 nitrogen and oxygen atoms in total. The lowest BCUT2D eigenvalue weighted by molar-refractivity contribution is 0.414. The first-order valence-electron chi connectivity index (χ1n) is 6.21. The van der Waals surface area contributed by atoms with Gasteiger partial charge in [0, 0.05) is 6.54 Å². The van der Waals surface area contributed by atoms with Crippen molar-refractivity contribution in [3.05, 3.63) is 35.7 Å². The van der Waals surface area contributed by atoms with Gasteiger partial charge in [-0.1, -0.05) is 24.2 Å². The van der Waals surface area contributed by atoms with E-state index in [1.165, 1.54) is 0 Å². The Morgan fingerprint density at radius 1 is 1.16 bits per heavy atom. The molecule has 6 heteroatoms. The van der Waals surface area contributed by atoms with Gasteiger partial charge in [-0.3, -0.25) is 0 Å². The molecule has 0 aliphatic rings. The summed E-state index contributed by atoms with van der Waals surface area (Å²) in [5, 5.41) is 14.1. The van der Waals surface area contributed by atoms with Crippen molar-refractivity contribution >= 4 is 6.01 Å². The van der Waals surface area contributed by atoms with Gasteiger partial charge < -0.3 is 19.8 Å². The SMILES string of the molecule is CCNCc1nnc(NCc2ccc(OC)cc2)o1. The van der Waals surface area contributed by atoms with E-state index >= 15 is 0 Å². The van der Waals surface area contributed by atoms with E-state index in [4.69, 9.17) is 9.15 Å². The number of aromatic nitrogens is 2. The molecule has 0 atom stereocenters. The average Bonchev–Trinajstić information content (AvgIpc) is 2.91. The molecular formula is C13H18N4O2. The minimum absolute atomic E-state index is 0.434. The second kappa shape index (κ2) is 6.75. The van der Waals surface area contributed by atoms with Crippen LogP contribution in [0.3, 0.4) is 0 Å². The van der Waals surface area contributed by atoms with Gasteiger partial charge in [0.1, 0.15) is 5.75 Å². The molecule has 2 aromatic rings. The van der Waals surface area contributed by atoms with Gasteiger partial charge in [0.25, 0.3) is 0 Å². The largest absolute Gasteiger partial charge is 0.497 e. The van der Waals surface area contributed by atoms with Gasteiger partial charge >= 0.3 is 6.01 Å². The van der Waals surface area contributed by atoms with E-state index < -0.39 is 0 Å². The minimum atomic E-state index is 0.434. The molecule has 0 aliphatic heterocycles. The molecular weight excluding hydrogens is 244 g/mol. The molecule has 0 bridgehead atoms. The molecule has 2 N–H and O–H groups in total. The molecule has 0 amide bonds. The third-order valence-corrected chi connectivity index (χ3v) is 2.60. The molecule has 0 unspecified atom stereocenters. The van der Waals surface area contributed by atoms with Crippen molar-refractivity contribution in [2.75, 3.05) is 19.0 Å². The van der Waals surface area contributed by atoms with Crippen LogP contribution in [-0.4, -0.2) is 23.9 Å². The summed E-state index contributed by atoms with van der Waals surface area (Å²) in [4.78, 5) is 0. The van der Waals surface area contributed by atoms with Crippen molar-refractivity contribution in [1.82, 2.24) is 15.5 Å². The molecule has 102 valence electrons. The molecule has 0 radical (unpaired) electrons. The van der Waals surface area contributed by atoms with Crippen LogP contribution in [0.25, 0.3) is 0 Å². The van der Waals surface area contributed by atoms with Crippen LogP contribution in [-0.2, 0) is 13.1 Å². The maximum absolute atomic E-state index is 5.43. The topological polar surface area (TPSA) is 72.2 Å². The Morgan fingerprint density at radius 2 is 1.95 bits per heavy atom. The summed E-state index contributed by atoms with van der Waals surface area (Å²) in [6.07, 6.45) is 0. The van der Waals surface area contributed by atoms with Crippen molar-refractivity contribution in [2.24, 2.45) is 0 Å². The monoisotopic (exact) mass is 262 g/mol. The number of nitrogens with zero attached hydrogens (tertiary/aromatic N) is 2. The third-order valence-electron chi connectivity index (χ3n) is 2.60. The fourth-order valence-corrected chi connectivity index (χ4v) is 1.55. The van der Waals surface area contributed by atoms with E-state index in [9.17, 15) is 0 Å². The highest BCUT2D eigenvalue weighted by molar-refractivity contribution is 5.29. The number of nitrogens with one attached hydrogen (secondary N) is 2. The highest BCUT2D eigenvalue weighted by Gasteiger charge is 2.04. The van der Waals surface area contributed by atoms with Gasteiger partial charge in [0.2, 0.25) is 5.89 Å². The Bertz CT molecular complexity index is 496. The third kappa shape index (κ3) is 3.96. The zero-order chi connectivity index (χ0) is 13.5. The summed E-state index contributed by atoms with van der Waals surface area (Å²) in [5.41, 5.74) is 1.12. The Kier molecular flexibility index (Phi) is 4.74.